The number of carbonyl (C=O) groups is 1. The molecule has 1 unspecified atom stereocenters. The summed E-state index contributed by atoms with van der Waals surface area (Å²) >= 11 is 0. The molecule has 1 aromatic carbocycles. The Balaban J connectivity index is 1.59. The average Bonchev–Trinajstić information content (AvgIpc) is 3.38. The molecule has 1 heterocycles. The molecule has 0 saturated heterocycles. The maximum Gasteiger partial charge on any atom is 0.227 e. The molecule has 7 nitrogen and oxygen atoms in total. The fourth-order valence-corrected chi connectivity index (χ4v) is 2.71. The molecule has 0 radical (unpaired) electrons. The second kappa shape index (κ2) is 7.55. The van der Waals surface area contributed by atoms with Gasteiger partial charge >= 0.3 is 0 Å². The second-order valence-electron chi connectivity index (χ2n) is 6.28. The van der Waals surface area contributed by atoms with Crippen molar-refractivity contribution in [2.45, 2.75) is 38.6 Å². The molecule has 1 fully saturated rings. The summed E-state index contributed by atoms with van der Waals surface area (Å²) in [6.07, 6.45) is 3.17. The number of hydrogen-bond acceptors (Lipinski definition) is 6. The van der Waals surface area contributed by atoms with Crippen molar-refractivity contribution >= 4 is 5.91 Å². The van der Waals surface area contributed by atoms with E-state index in [4.69, 9.17) is 14.0 Å². The quantitative estimate of drug-likeness (QED) is 0.791. The molecule has 1 atom stereocenters. The van der Waals surface area contributed by atoms with Gasteiger partial charge in [-0.1, -0.05) is 5.16 Å². The van der Waals surface area contributed by atoms with Gasteiger partial charge in [0.15, 0.2) is 11.5 Å². The van der Waals surface area contributed by atoms with E-state index in [0.717, 1.165) is 5.56 Å². The van der Waals surface area contributed by atoms with Gasteiger partial charge in [0, 0.05) is 24.4 Å². The number of hydrogen-bond donors (Lipinski definition) is 1. The van der Waals surface area contributed by atoms with Crippen molar-refractivity contribution in [3.05, 3.63) is 24.1 Å². The fraction of sp³-hybridized carbons (Fsp3) is 0.500. The SMILES string of the molecule is COc1ccc(-c2noc(CCC(=O)NC(C)C3CC3)n2)cc1OC. The van der Waals surface area contributed by atoms with E-state index in [9.17, 15) is 4.79 Å². The van der Waals surface area contributed by atoms with E-state index in [1.807, 2.05) is 6.07 Å². The molecular weight excluding hydrogens is 322 g/mol. The van der Waals surface area contributed by atoms with Gasteiger partial charge in [0.05, 0.1) is 14.2 Å². The topological polar surface area (TPSA) is 86.5 Å². The zero-order valence-electron chi connectivity index (χ0n) is 14.7. The Hall–Kier alpha value is -2.57. The monoisotopic (exact) mass is 345 g/mol. The number of nitrogens with zero attached hydrogens (tertiary/aromatic N) is 2. The van der Waals surface area contributed by atoms with Crippen molar-refractivity contribution in [1.29, 1.82) is 0 Å². The van der Waals surface area contributed by atoms with Crippen LogP contribution in [-0.2, 0) is 11.2 Å². The molecule has 25 heavy (non-hydrogen) atoms. The van der Waals surface area contributed by atoms with E-state index in [1.165, 1.54) is 12.8 Å². The Morgan fingerprint density at radius 1 is 1.32 bits per heavy atom. The predicted octanol–water partition coefficient (Wildman–Crippen LogP) is 2.60. The summed E-state index contributed by atoms with van der Waals surface area (Å²) < 4.78 is 15.7. The summed E-state index contributed by atoms with van der Waals surface area (Å²) in [5.41, 5.74) is 0.763. The van der Waals surface area contributed by atoms with E-state index < -0.39 is 0 Å². The maximum absolute atomic E-state index is 12.0. The third kappa shape index (κ3) is 4.29. The molecule has 1 amide bonds. The summed E-state index contributed by atoms with van der Waals surface area (Å²) in [6, 6.07) is 5.66. The van der Waals surface area contributed by atoms with Gasteiger partial charge in [0.2, 0.25) is 17.6 Å². The molecule has 134 valence electrons. The van der Waals surface area contributed by atoms with Crippen LogP contribution >= 0.6 is 0 Å². The van der Waals surface area contributed by atoms with Crippen LogP contribution in [0.1, 0.15) is 32.1 Å². The van der Waals surface area contributed by atoms with E-state index in [-0.39, 0.29) is 11.9 Å². The highest BCUT2D eigenvalue weighted by Crippen LogP contribution is 2.32. The number of ether oxygens (including phenoxy) is 2. The Labute approximate surface area is 146 Å². The van der Waals surface area contributed by atoms with Crippen LogP contribution in [0.15, 0.2) is 22.7 Å². The third-order valence-electron chi connectivity index (χ3n) is 4.39. The van der Waals surface area contributed by atoms with Crippen LogP contribution in [0.25, 0.3) is 11.4 Å². The van der Waals surface area contributed by atoms with Gasteiger partial charge in [0.1, 0.15) is 0 Å². The fourth-order valence-electron chi connectivity index (χ4n) is 2.71. The van der Waals surface area contributed by atoms with Gasteiger partial charge in [-0.05, 0) is 43.9 Å². The summed E-state index contributed by atoms with van der Waals surface area (Å²) in [4.78, 5) is 16.3. The first-order valence-electron chi connectivity index (χ1n) is 8.45. The van der Waals surface area contributed by atoms with Crippen molar-refractivity contribution in [1.82, 2.24) is 15.5 Å². The first-order valence-corrected chi connectivity index (χ1v) is 8.45. The van der Waals surface area contributed by atoms with Crippen LogP contribution in [0.2, 0.25) is 0 Å². The van der Waals surface area contributed by atoms with Crippen molar-refractivity contribution in [3.8, 4) is 22.9 Å². The van der Waals surface area contributed by atoms with Crippen LogP contribution < -0.4 is 14.8 Å². The molecular formula is C18H23N3O4. The van der Waals surface area contributed by atoms with Crippen molar-refractivity contribution in [2.75, 3.05) is 14.2 Å². The van der Waals surface area contributed by atoms with E-state index in [2.05, 4.69) is 22.4 Å². The lowest BCUT2D eigenvalue weighted by atomic mass is 10.2. The highest BCUT2D eigenvalue weighted by Gasteiger charge is 2.28. The van der Waals surface area contributed by atoms with Crippen LogP contribution in [0.3, 0.4) is 0 Å². The van der Waals surface area contributed by atoms with Crippen LogP contribution in [0.4, 0.5) is 0 Å². The number of amides is 1. The molecule has 1 N–H and O–H groups in total. The van der Waals surface area contributed by atoms with Crippen molar-refractivity contribution in [3.63, 3.8) is 0 Å². The van der Waals surface area contributed by atoms with Crippen molar-refractivity contribution < 1.29 is 18.8 Å². The first kappa shape index (κ1) is 17.3. The summed E-state index contributed by atoms with van der Waals surface area (Å²) in [5, 5.41) is 7.00. The minimum Gasteiger partial charge on any atom is -0.493 e. The number of carbonyl (C=O) groups excluding carboxylic acids is 1. The Morgan fingerprint density at radius 2 is 2.08 bits per heavy atom. The van der Waals surface area contributed by atoms with Crippen LogP contribution in [0, 0.1) is 5.92 Å². The Bertz CT molecular complexity index is 740. The van der Waals surface area contributed by atoms with Gasteiger partial charge in [-0.25, -0.2) is 0 Å². The minimum atomic E-state index is 0.0188. The summed E-state index contributed by atoms with van der Waals surface area (Å²) in [6.45, 7) is 2.05. The third-order valence-corrected chi connectivity index (χ3v) is 4.39. The zero-order valence-corrected chi connectivity index (χ0v) is 14.7. The lowest BCUT2D eigenvalue weighted by Gasteiger charge is -2.11. The predicted molar refractivity (Wildman–Crippen MR) is 91.5 cm³/mol. The second-order valence-corrected chi connectivity index (χ2v) is 6.28. The highest BCUT2D eigenvalue weighted by atomic mass is 16.5. The smallest absolute Gasteiger partial charge is 0.227 e. The number of nitrogens with one attached hydrogen (secondary N) is 1. The number of rotatable bonds is 8. The summed E-state index contributed by atoms with van der Waals surface area (Å²) in [5.74, 6) is 2.80. The Kier molecular flexibility index (Phi) is 5.21. The van der Waals surface area contributed by atoms with Crippen LogP contribution in [0.5, 0.6) is 11.5 Å². The molecule has 0 aliphatic heterocycles. The lowest BCUT2D eigenvalue weighted by molar-refractivity contribution is -0.121. The molecule has 7 heteroatoms. The lowest BCUT2D eigenvalue weighted by Crippen LogP contribution is -2.34. The normalized spacial score (nSPS) is 14.8. The van der Waals surface area contributed by atoms with E-state index >= 15 is 0 Å². The first-order chi connectivity index (χ1) is 12.1. The van der Waals surface area contributed by atoms with Crippen LogP contribution in [-0.4, -0.2) is 36.3 Å². The zero-order chi connectivity index (χ0) is 17.8. The van der Waals surface area contributed by atoms with Gasteiger partial charge in [0.25, 0.3) is 0 Å². The van der Waals surface area contributed by atoms with E-state index in [0.29, 0.717) is 42.0 Å². The van der Waals surface area contributed by atoms with E-state index in [1.54, 1.807) is 26.4 Å². The molecule has 1 aliphatic carbocycles. The molecule has 1 aromatic heterocycles. The number of methoxy groups -OCH3 is 2. The molecule has 0 spiro atoms. The molecule has 1 aliphatic rings. The molecule has 0 bridgehead atoms. The average molecular weight is 345 g/mol. The van der Waals surface area contributed by atoms with Gasteiger partial charge in [-0.3, -0.25) is 4.79 Å². The standard InChI is InChI=1S/C18H23N3O4/c1-11(12-4-5-12)19-16(22)8-9-17-20-18(21-25-17)13-6-7-14(23-2)15(10-13)24-3/h6-7,10-12H,4-5,8-9H2,1-3H3,(H,19,22). The number of aryl methyl sites for hydroxylation is 1. The molecule has 2 aromatic rings. The van der Waals surface area contributed by atoms with Gasteiger partial charge < -0.3 is 19.3 Å². The number of aromatic nitrogens is 2. The van der Waals surface area contributed by atoms with Crippen molar-refractivity contribution in [2.24, 2.45) is 5.92 Å². The van der Waals surface area contributed by atoms with Gasteiger partial charge in [-0.15, -0.1) is 0 Å². The molecule has 1 saturated carbocycles. The molecule has 3 rings (SSSR count). The Morgan fingerprint density at radius 3 is 2.76 bits per heavy atom. The minimum absolute atomic E-state index is 0.0188. The maximum atomic E-state index is 12.0. The van der Waals surface area contributed by atoms with Gasteiger partial charge in [-0.2, -0.15) is 4.98 Å². The summed E-state index contributed by atoms with van der Waals surface area (Å²) in [7, 11) is 3.16. The largest absolute Gasteiger partial charge is 0.493 e. The highest BCUT2D eigenvalue weighted by molar-refractivity contribution is 5.76. The number of benzene rings is 1.